The summed E-state index contributed by atoms with van der Waals surface area (Å²) >= 11 is 1.71. The van der Waals surface area contributed by atoms with Crippen molar-refractivity contribution in [3.8, 4) is 12.3 Å². The normalized spacial score (nSPS) is 7.92. The predicted octanol–water partition coefficient (Wildman–Crippen LogP) is 3.42. The summed E-state index contributed by atoms with van der Waals surface area (Å²) in [5, 5.41) is 4.08. The Morgan fingerprint density at radius 2 is 1.54 bits per heavy atom. The van der Waals surface area contributed by atoms with E-state index in [1.54, 1.807) is 11.3 Å². The SMILES string of the molecule is C#Cc1ccccc1.c1ccsc1. The number of hydrogen-bond donors (Lipinski definition) is 0. The number of terminal acetylenes is 1. The van der Waals surface area contributed by atoms with Gasteiger partial charge in [-0.05, 0) is 22.9 Å². The minimum absolute atomic E-state index is 0.938. The molecule has 0 aliphatic rings. The molecule has 2 rings (SSSR count). The van der Waals surface area contributed by atoms with Crippen LogP contribution in [0.3, 0.4) is 0 Å². The molecule has 0 unspecified atom stereocenters. The second-order valence-electron chi connectivity index (χ2n) is 2.30. The van der Waals surface area contributed by atoms with Crippen LogP contribution in [-0.2, 0) is 0 Å². The van der Waals surface area contributed by atoms with Gasteiger partial charge >= 0.3 is 0 Å². The number of benzene rings is 1. The number of hydrogen-bond acceptors (Lipinski definition) is 1. The van der Waals surface area contributed by atoms with Crippen molar-refractivity contribution >= 4 is 11.3 Å². The summed E-state index contributed by atoms with van der Waals surface area (Å²) in [6.45, 7) is 0. The summed E-state index contributed by atoms with van der Waals surface area (Å²) in [5.74, 6) is 2.53. The fourth-order valence-corrected chi connectivity index (χ4v) is 1.21. The fourth-order valence-electron chi connectivity index (χ4n) is 0.761. The molecule has 0 amide bonds. The van der Waals surface area contributed by atoms with Gasteiger partial charge in [-0.2, -0.15) is 11.3 Å². The van der Waals surface area contributed by atoms with Crippen molar-refractivity contribution in [2.24, 2.45) is 0 Å². The van der Waals surface area contributed by atoms with E-state index in [1.807, 2.05) is 53.2 Å². The first kappa shape index (κ1) is 9.57. The molecule has 0 fully saturated rings. The average Bonchev–Trinajstić information content (AvgIpc) is 2.77. The Morgan fingerprint density at radius 1 is 0.923 bits per heavy atom. The smallest absolute Gasteiger partial charge is 0.0242 e. The van der Waals surface area contributed by atoms with E-state index in [9.17, 15) is 0 Å². The lowest BCUT2D eigenvalue weighted by molar-refractivity contribution is 1.65. The van der Waals surface area contributed by atoms with Gasteiger partial charge in [-0.3, -0.25) is 0 Å². The van der Waals surface area contributed by atoms with Crippen LogP contribution >= 0.6 is 11.3 Å². The van der Waals surface area contributed by atoms with Crippen LogP contribution in [0.2, 0.25) is 0 Å². The summed E-state index contributed by atoms with van der Waals surface area (Å²) in [6, 6.07) is 13.6. The molecule has 1 aromatic carbocycles. The van der Waals surface area contributed by atoms with E-state index >= 15 is 0 Å². The van der Waals surface area contributed by atoms with Crippen LogP contribution in [0.15, 0.2) is 53.2 Å². The summed E-state index contributed by atoms with van der Waals surface area (Å²) in [4.78, 5) is 0. The molecule has 0 spiro atoms. The highest BCUT2D eigenvalue weighted by atomic mass is 32.1. The van der Waals surface area contributed by atoms with Crippen molar-refractivity contribution in [2.75, 3.05) is 0 Å². The topological polar surface area (TPSA) is 0 Å². The number of thiophene rings is 1. The molecule has 0 radical (unpaired) electrons. The molecule has 0 saturated carbocycles. The fraction of sp³-hybridized carbons (Fsp3) is 0. The molecule has 1 aromatic heterocycles. The van der Waals surface area contributed by atoms with E-state index in [2.05, 4.69) is 5.92 Å². The van der Waals surface area contributed by atoms with Crippen molar-refractivity contribution in [2.45, 2.75) is 0 Å². The van der Waals surface area contributed by atoms with Crippen LogP contribution in [0, 0.1) is 12.3 Å². The quantitative estimate of drug-likeness (QED) is 0.553. The maximum absolute atomic E-state index is 5.10. The van der Waals surface area contributed by atoms with Crippen LogP contribution in [0.5, 0.6) is 0 Å². The molecule has 0 bridgehead atoms. The van der Waals surface area contributed by atoms with Crippen molar-refractivity contribution < 1.29 is 0 Å². The first-order chi connectivity index (χ1) is 6.43. The van der Waals surface area contributed by atoms with Crippen molar-refractivity contribution in [1.82, 2.24) is 0 Å². The summed E-state index contributed by atoms with van der Waals surface area (Å²) < 4.78 is 0. The maximum Gasteiger partial charge on any atom is 0.0242 e. The van der Waals surface area contributed by atoms with Crippen LogP contribution in [0.25, 0.3) is 0 Å². The Kier molecular flexibility index (Phi) is 4.45. The zero-order chi connectivity index (χ0) is 9.36. The monoisotopic (exact) mass is 186 g/mol. The minimum atomic E-state index is 0.938. The van der Waals surface area contributed by atoms with Crippen molar-refractivity contribution in [3.05, 3.63) is 58.8 Å². The van der Waals surface area contributed by atoms with E-state index in [1.165, 1.54) is 0 Å². The average molecular weight is 186 g/mol. The highest BCUT2D eigenvalue weighted by Crippen LogP contribution is 1.93. The lowest BCUT2D eigenvalue weighted by Crippen LogP contribution is -1.66. The standard InChI is InChI=1S/C8H6.C4H4S/c1-2-8-6-4-3-5-7-8;1-2-4-5-3-1/h1,3-7H;1-4H. The number of rotatable bonds is 0. The van der Waals surface area contributed by atoms with Crippen molar-refractivity contribution in [3.63, 3.8) is 0 Å². The first-order valence-electron chi connectivity index (χ1n) is 3.92. The first-order valence-corrected chi connectivity index (χ1v) is 4.86. The lowest BCUT2D eigenvalue weighted by atomic mass is 10.2. The van der Waals surface area contributed by atoms with Gasteiger partial charge in [0.1, 0.15) is 0 Å². The second-order valence-corrected chi connectivity index (χ2v) is 3.12. The van der Waals surface area contributed by atoms with Gasteiger partial charge < -0.3 is 0 Å². The summed E-state index contributed by atoms with van der Waals surface area (Å²) in [6.07, 6.45) is 5.10. The van der Waals surface area contributed by atoms with E-state index < -0.39 is 0 Å². The molecule has 13 heavy (non-hydrogen) atoms. The lowest BCUT2D eigenvalue weighted by Gasteiger charge is -1.82. The molecule has 64 valence electrons. The Labute approximate surface area is 82.9 Å². The van der Waals surface area contributed by atoms with Gasteiger partial charge in [0.25, 0.3) is 0 Å². The summed E-state index contributed by atoms with van der Waals surface area (Å²) in [5.41, 5.74) is 0.938. The van der Waals surface area contributed by atoms with Gasteiger partial charge in [-0.25, -0.2) is 0 Å². The maximum atomic E-state index is 5.10. The zero-order valence-electron chi connectivity index (χ0n) is 7.18. The molecule has 0 saturated heterocycles. The van der Waals surface area contributed by atoms with Gasteiger partial charge in [-0.1, -0.05) is 36.3 Å². The highest BCUT2D eigenvalue weighted by molar-refractivity contribution is 7.07. The third-order valence-corrected chi connectivity index (χ3v) is 1.99. The molecule has 1 heterocycles. The molecule has 1 heteroatoms. The van der Waals surface area contributed by atoms with Crippen LogP contribution < -0.4 is 0 Å². The van der Waals surface area contributed by atoms with E-state index in [-0.39, 0.29) is 0 Å². The molecule has 0 aliphatic carbocycles. The predicted molar refractivity (Wildman–Crippen MR) is 58.7 cm³/mol. The van der Waals surface area contributed by atoms with Gasteiger partial charge in [0, 0.05) is 5.56 Å². The largest absolute Gasteiger partial charge is 0.152 e. The molecule has 0 atom stereocenters. The Morgan fingerprint density at radius 3 is 1.85 bits per heavy atom. The van der Waals surface area contributed by atoms with Gasteiger partial charge in [0.05, 0.1) is 0 Å². The highest BCUT2D eigenvalue weighted by Gasteiger charge is 1.76. The van der Waals surface area contributed by atoms with Crippen LogP contribution in [0.1, 0.15) is 5.56 Å². The molecule has 2 aromatic rings. The molecule has 0 nitrogen and oxygen atoms in total. The van der Waals surface area contributed by atoms with E-state index in [4.69, 9.17) is 6.42 Å². The molecular formula is C12H10S. The zero-order valence-corrected chi connectivity index (χ0v) is 8.00. The second kappa shape index (κ2) is 6.05. The van der Waals surface area contributed by atoms with Crippen LogP contribution in [0.4, 0.5) is 0 Å². The molecule has 0 N–H and O–H groups in total. The third-order valence-electron chi connectivity index (χ3n) is 1.37. The minimum Gasteiger partial charge on any atom is -0.152 e. The van der Waals surface area contributed by atoms with Crippen molar-refractivity contribution in [1.29, 1.82) is 0 Å². The van der Waals surface area contributed by atoms with Gasteiger partial charge in [-0.15, -0.1) is 6.42 Å². The molecular weight excluding hydrogens is 176 g/mol. The van der Waals surface area contributed by atoms with Gasteiger partial charge in [0.15, 0.2) is 0 Å². The summed E-state index contributed by atoms with van der Waals surface area (Å²) in [7, 11) is 0. The van der Waals surface area contributed by atoms with Crippen LogP contribution in [-0.4, -0.2) is 0 Å². The Bertz CT molecular complexity index is 323. The van der Waals surface area contributed by atoms with Gasteiger partial charge in [0.2, 0.25) is 0 Å². The Hall–Kier alpha value is -1.52. The Balaban J connectivity index is 0.000000145. The molecule has 0 aliphatic heterocycles. The third kappa shape index (κ3) is 4.15. The van der Waals surface area contributed by atoms with E-state index in [0.717, 1.165) is 5.56 Å². The van der Waals surface area contributed by atoms with E-state index in [0.29, 0.717) is 0 Å².